The van der Waals surface area contributed by atoms with Gasteiger partial charge in [-0.15, -0.1) is 0 Å². The van der Waals surface area contributed by atoms with E-state index in [1.807, 2.05) is 36.4 Å². The highest BCUT2D eigenvalue weighted by Crippen LogP contribution is 2.18. The number of aliphatic carboxylic acids is 1. The molecule has 0 radical (unpaired) electrons. The van der Waals surface area contributed by atoms with E-state index in [1.54, 1.807) is 6.07 Å². The highest BCUT2D eigenvalue weighted by Gasteiger charge is 2.03. The van der Waals surface area contributed by atoms with Crippen LogP contribution in [0.4, 0.5) is 5.69 Å². The molecule has 18 heavy (non-hydrogen) atoms. The molecule has 1 N–H and O–H groups in total. The molecule has 0 saturated carbocycles. The molecule has 0 aliphatic rings. The molecule has 1 amide bonds. The van der Waals surface area contributed by atoms with E-state index in [0.717, 1.165) is 10.8 Å². The quantitative estimate of drug-likeness (QED) is 0.878. The molecule has 0 aliphatic carbocycles. The Morgan fingerprint density at radius 3 is 2.44 bits per heavy atom. The Balaban J connectivity index is 2.07. The summed E-state index contributed by atoms with van der Waals surface area (Å²) in [6.07, 6.45) is -0.339. The van der Waals surface area contributed by atoms with Crippen LogP contribution in [-0.4, -0.2) is 11.9 Å². The van der Waals surface area contributed by atoms with Gasteiger partial charge in [0.2, 0.25) is 5.91 Å². The van der Waals surface area contributed by atoms with E-state index in [4.69, 9.17) is 0 Å². The summed E-state index contributed by atoms with van der Waals surface area (Å²) >= 11 is 0. The fraction of sp³-hybridized carbons (Fsp3) is 0.143. The summed E-state index contributed by atoms with van der Waals surface area (Å²) in [5.74, 6) is -1.54. The zero-order valence-electron chi connectivity index (χ0n) is 9.68. The first kappa shape index (κ1) is 12.1. The number of carboxylic acids is 1. The summed E-state index contributed by atoms with van der Waals surface area (Å²) in [6, 6.07) is 13.4. The van der Waals surface area contributed by atoms with Crippen molar-refractivity contribution in [2.75, 3.05) is 5.32 Å². The van der Waals surface area contributed by atoms with Gasteiger partial charge in [0.15, 0.2) is 0 Å². The monoisotopic (exact) mass is 242 g/mol. The van der Waals surface area contributed by atoms with Crippen LogP contribution in [0.25, 0.3) is 10.8 Å². The number of hydrogen-bond donors (Lipinski definition) is 1. The molecule has 92 valence electrons. The molecule has 0 fully saturated rings. The Hall–Kier alpha value is -2.36. The number of anilines is 1. The smallest absolute Gasteiger partial charge is 0.224 e. The minimum Gasteiger partial charge on any atom is -0.550 e. The molecule has 4 heteroatoms. The molecule has 0 aromatic heterocycles. The second-order valence-corrected chi connectivity index (χ2v) is 3.98. The largest absolute Gasteiger partial charge is 0.550 e. The van der Waals surface area contributed by atoms with Crippen LogP contribution >= 0.6 is 0 Å². The van der Waals surface area contributed by atoms with Gasteiger partial charge in [0.25, 0.3) is 0 Å². The third-order valence-corrected chi connectivity index (χ3v) is 2.59. The molecule has 0 aliphatic heterocycles. The maximum atomic E-state index is 11.5. The minimum atomic E-state index is -1.22. The average Bonchev–Trinajstić information content (AvgIpc) is 2.36. The van der Waals surface area contributed by atoms with Gasteiger partial charge >= 0.3 is 0 Å². The summed E-state index contributed by atoms with van der Waals surface area (Å²) in [6.45, 7) is 0. The molecule has 0 spiro atoms. The van der Waals surface area contributed by atoms with Crippen LogP contribution in [0, 0.1) is 0 Å². The number of nitrogens with one attached hydrogen (secondary N) is 1. The maximum Gasteiger partial charge on any atom is 0.224 e. The highest BCUT2D eigenvalue weighted by atomic mass is 16.4. The van der Waals surface area contributed by atoms with Crippen molar-refractivity contribution in [1.29, 1.82) is 0 Å². The lowest BCUT2D eigenvalue weighted by atomic mass is 10.1. The number of carbonyl (C=O) groups is 2. The Bertz CT molecular complexity index is 592. The number of hydrogen-bond acceptors (Lipinski definition) is 3. The number of amides is 1. The van der Waals surface area contributed by atoms with Gasteiger partial charge in [0, 0.05) is 18.1 Å². The zero-order valence-corrected chi connectivity index (χ0v) is 9.68. The zero-order chi connectivity index (χ0) is 13.0. The SMILES string of the molecule is O=C([O-])CCC(=O)Nc1ccc2ccccc2c1. The second kappa shape index (κ2) is 5.31. The lowest BCUT2D eigenvalue weighted by Gasteiger charge is -2.07. The van der Waals surface area contributed by atoms with E-state index in [2.05, 4.69) is 5.32 Å². The fourth-order valence-corrected chi connectivity index (χ4v) is 1.71. The van der Waals surface area contributed by atoms with E-state index in [9.17, 15) is 14.7 Å². The van der Waals surface area contributed by atoms with E-state index < -0.39 is 5.97 Å². The molecular weight excluding hydrogens is 230 g/mol. The Kier molecular flexibility index (Phi) is 3.57. The average molecular weight is 242 g/mol. The van der Waals surface area contributed by atoms with E-state index >= 15 is 0 Å². The highest BCUT2D eigenvalue weighted by molar-refractivity contribution is 5.95. The molecule has 0 atom stereocenters. The number of carboxylic acid groups (broad SMARTS) is 1. The predicted molar refractivity (Wildman–Crippen MR) is 66.8 cm³/mol. The molecule has 2 rings (SSSR count). The Morgan fingerprint density at radius 1 is 1.00 bits per heavy atom. The van der Waals surface area contributed by atoms with Crippen LogP contribution in [0.3, 0.4) is 0 Å². The van der Waals surface area contributed by atoms with Crippen LogP contribution in [0.1, 0.15) is 12.8 Å². The van der Waals surface area contributed by atoms with Crippen molar-refractivity contribution in [3.05, 3.63) is 42.5 Å². The Morgan fingerprint density at radius 2 is 1.72 bits per heavy atom. The van der Waals surface area contributed by atoms with Crippen LogP contribution in [0.5, 0.6) is 0 Å². The van der Waals surface area contributed by atoms with Crippen molar-refractivity contribution in [1.82, 2.24) is 0 Å². The lowest BCUT2D eigenvalue weighted by molar-refractivity contribution is -0.305. The normalized spacial score (nSPS) is 10.2. The number of carbonyl (C=O) groups excluding carboxylic acids is 2. The minimum absolute atomic E-state index is 0.0742. The van der Waals surface area contributed by atoms with E-state index in [-0.39, 0.29) is 18.7 Å². The van der Waals surface area contributed by atoms with Gasteiger partial charge in [0.05, 0.1) is 0 Å². The van der Waals surface area contributed by atoms with Gasteiger partial charge in [-0.1, -0.05) is 30.3 Å². The van der Waals surface area contributed by atoms with Crippen molar-refractivity contribution >= 4 is 28.3 Å². The molecule has 2 aromatic carbocycles. The van der Waals surface area contributed by atoms with Gasteiger partial charge < -0.3 is 15.2 Å². The number of rotatable bonds is 4. The first-order chi connectivity index (χ1) is 8.65. The van der Waals surface area contributed by atoms with Gasteiger partial charge in [-0.25, -0.2) is 0 Å². The van der Waals surface area contributed by atoms with Gasteiger partial charge in [-0.05, 0) is 29.3 Å². The topological polar surface area (TPSA) is 69.2 Å². The summed E-state index contributed by atoms with van der Waals surface area (Å²) in [5, 5.41) is 15.0. The van der Waals surface area contributed by atoms with Crippen molar-refractivity contribution in [2.24, 2.45) is 0 Å². The third-order valence-electron chi connectivity index (χ3n) is 2.59. The second-order valence-electron chi connectivity index (χ2n) is 3.98. The van der Waals surface area contributed by atoms with E-state index in [1.165, 1.54) is 0 Å². The van der Waals surface area contributed by atoms with Crippen molar-refractivity contribution < 1.29 is 14.7 Å². The van der Waals surface area contributed by atoms with Crippen molar-refractivity contribution in [2.45, 2.75) is 12.8 Å². The number of fused-ring (bicyclic) bond motifs is 1. The van der Waals surface area contributed by atoms with E-state index in [0.29, 0.717) is 5.69 Å². The van der Waals surface area contributed by atoms with Crippen molar-refractivity contribution in [3.63, 3.8) is 0 Å². The molecular formula is C14H12NO3-. The summed E-state index contributed by atoms with van der Waals surface area (Å²) in [7, 11) is 0. The van der Waals surface area contributed by atoms with Crippen LogP contribution in [0.15, 0.2) is 42.5 Å². The molecule has 0 bridgehead atoms. The fourth-order valence-electron chi connectivity index (χ4n) is 1.71. The lowest BCUT2D eigenvalue weighted by Crippen LogP contribution is -2.24. The number of benzene rings is 2. The molecule has 0 saturated heterocycles. The summed E-state index contributed by atoms with van der Waals surface area (Å²) < 4.78 is 0. The van der Waals surface area contributed by atoms with Crippen LogP contribution < -0.4 is 10.4 Å². The van der Waals surface area contributed by atoms with Crippen LogP contribution in [0.2, 0.25) is 0 Å². The predicted octanol–water partition coefficient (Wildman–Crippen LogP) is 1.31. The third kappa shape index (κ3) is 3.07. The molecule has 2 aromatic rings. The standard InChI is InChI=1S/C14H13NO3/c16-13(7-8-14(17)18)15-12-6-5-10-3-1-2-4-11(10)9-12/h1-6,9H,7-8H2,(H,15,16)(H,17,18)/p-1. The summed E-state index contributed by atoms with van der Waals surface area (Å²) in [4.78, 5) is 21.7. The Labute approximate surface area is 104 Å². The van der Waals surface area contributed by atoms with Gasteiger partial charge in [0.1, 0.15) is 0 Å². The van der Waals surface area contributed by atoms with Crippen molar-refractivity contribution in [3.8, 4) is 0 Å². The van der Waals surface area contributed by atoms with Crippen LogP contribution in [-0.2, 0) is 9.59 Å². The maximum absolute atomic E-state index is 11.5. The first-order valence-corrected chi connectivity index (χ1v) is 5.63. The van der Waals surface area contributed by atoms with Gasteiger partial charge in [-0.3, -0.25) is 4.79 Å². The summed E-state index contributed by atoms with van der Waals surface area (Å²) in [5.41, 5.74) is 0.664. The molecule has 4 nitrogen and oxygen atoms in total. The van der Waals surface area contributed by atoms with Gasteiger partial charge in [-0.2, -0.15) is 0 Å². The molecule has 0 heterocycles. The molecule has 0 unspecified atom stereocenters. The first-order valence-electron chi connectivity index (χ1n) is 5.63.